The number of aliphatic hydroxyl groups excluding tert-OH is 1. The number of allylic oxidation sites excluding steroid dienone is 5. The van der Waals surface area contributed by atoms with Crippen molar-refractivity contribution in [2.75, 3.05) is 0 Å². The fraction of sp³-hybridized carbons (Fsp3) is 0.194. The maximum atomic E-state index is 14.1. The molecule has 0 radical (unpaired) electrons. The maximum Gasteiger partial charge on any atom is 0.260 e. The van der Waals surface area contributed by atoms with Crippen LogP contribution in [0.3, 0.4) is 0 Å². The lowest BCUT2D eigenvalue weighted by Gasteiger charge is -2.22. The van der Waals surface area contributed by atoms with Gasteiger partial charge in [-0.2, -0.15) is 0 Å². The van der Waals surface area contributed by atoms with Gasteiger partial charge in [0.05, 0.1) is 33.3 Å². The number of aryl methyl sites for hydroxylation is 1. The van der Waals surface area contributed by atoms with Crippen molar-refractivity contribution >= 4 is 40.0 Å². The van der Waals surface area contributed by atoms with Crippen LogP contribution in [0.25, 0.3) is 16.8 Å². The molecule has 1 unspecified atom stereocenters. The van der Waals surface area contributed by atoms with Gasteiger partial charge in [-0.05, 0) is 49.8 Å². The molecule has 212 valence electrons. The molecule has 1 spiro atoms. The van der Waals surface area contributed by atoms with E-state index in [9.17, 15) is 44.4 Å². The van der Waals surface area contributed by atoms with Crippen LogP contribution >= 0.6 is 0 Å². The van der Waals surface area contributed by atoms with Crippen LogP contribution in [-0.4, -0.2) is 54.8 Å². The highest BCUT2D eigenvalue weighted by atomic mass is 16.3. The number of H-pyrrole nitrogens is 1. The summed E-state index contributed by atoms with van der Waals surface area (Å²) in [6.07, 6.45) is 6.53. The van der Waals surface area contributed by atoms with E-state index in [1.807, 2.05) is 6.92 Å². The Morgan fingerprint density at radius 2 is 1.60 bits per heavy atom. The average Bonchev–Trinajstić information content (AvgIpc) is 3.41. The van der Waals surface area contributed by atoms with Crippen molar-refractivity contribution in [2.24, 2.45) is 0 Å². The van der Waals surface area contributed by atoms with E-state index in [1.54, 1.807) is 36.4 Å². The van der Waals surface area contributed by atoms with Gasteiger partial charge in [-0.3, -0.25) is 24.0 Å². The lowest BCUT2D eigenvalue weighted by Crippen LogP contribution is -2.36. The van der Waals surface area contributed by atoms with Gasteiger partial charge in [0.25, 0.3) is 5.56 Å². The number of ketones is 4. The number of rotatable bonds is 4. The number of phenolic OH excluding ortho intramolecular Hbond substituents is 3. The zero-order valence-corrected chi connectivity index (χ0v) is 22.4. The number of aliphatic hydroxyl groups is 1. The molecule has 0 saturated heterocycles. The van der Waals surface area contributed by atoms with Gasteiger partial charge < -0.3 is 30.7 Å². The minimum absolute atomic E-state index is 0.118. The van der Waals surface area contributed by atoms with E-state index < -0.39 is 79.8 Å². The molecule has 0 aliphatic heterocycles. The summed E-state index contributed by atoms with van der Waals surface area (Å²) in [6.45, 7) is 3.13. The number of aromatic nitrogens is 1. The Hall–Kier alpha value is -5.29. The molecule has 3 aliphatic carbocycles. The predicted octanol–water partition coefficient (Wildman–Crippen LogP) is 2.69. The van der Waals surface area contributed by atoms with Gasteiger partial charge in [0.1, 0.15) is 28.9 Å². The normalized spacial score (nSPS) is 20.1. The number of benzene rings is 2. The lowest BCUT2D eigenvalue weighted by atomic mass is 9.76. The topological polar surface area (TPSA) is 194 Å². The highest BCUT2D eigenvalue weighted by molar-refractivity contribution is 6.39. The van der Waals surface area contributed by atoms with Crippen molar-refractivity contribution in [1.29, 1.82) is 0 Å². The Labute approximate surface area is 237 Å². The molecule has 0 saturated carbocycles. The predicted molar refractivity (Wildman–Crippen MR) is 150 cm³/mol. The van der Waals surface area contributed by atoms with Crippen molar-refractivity contribution in [3.63, 3.8) is 0 Å². The molecule has 1 aromatic heterocycles. The third-order valence-electron chi connectivity index (χ3n) is 8.02. The summed E-state index contributed by atoms with van der Waals surface area (Å²) in [5.74, 6) is -6.35. The number of aromatic hydroxyl groups is 3. The van der Waals surface area contributed by atoms with Crippen LogP contribution < -0.4 is 10.9 Å². The quantitative estimate of drug-likeness (QED) is 0.118. The average molecular weight is 569 g/mol. The van der Waals surface area contributed by atoms with Crippen molar-refractivity contribution in [1.82, 2.24) is 10.3 Å². The van der Waals surface area contributed by atoms with Crippen molar-refractivity contribution in [3.8, 4) is 17.2 Å². The van der Waals surface area contributed by atoms with Crippen molar-refractivity contribution < 1.29 is 39.6 Å². The van der Waals surface area contributed by atoms with E-state index in [0.29, 0.717) is 16.6 Å². The van der Waals surface area contributed by atoms with E-state index >= 15 is 0 Å². The number of aromatic amines is 1. The molecule has 6 rings (SSSR count). The minimum atomic E-state index is -2.11. The number of hydrogen-bond acceptors (Lipinski definition) is 10. The number of phenols is 3. The van der Waals surface area contributed by atoms with Gasteiger partial charge in [0.2, 0.25) is 5.78 Å². The van der Waals surface area contributed by atoms with Crippen LogP contribution in [0.2, 0.25) is 0 Å². The summed E-state index contributed by atoms with van der Waals surface area (Å²) >= 11 is 0. The van der Waals surface area contributed by atoms with Crippen LogP contribution in [0.1, 0.15) is 78.5 Å². The van der Waals surface area contributed by atoms with Crippen LogP contribution in [0.4, 0.5) is 0 Å². The summed E-state index contributed by atoms with van der Waals surface area (Å²) in [6, 6.07) is 3.25. The highest BCUT2D eigenvalue weighted by Crippen LogP contribution is 2.57. The molecular formula is C31H24N2O9. The first-order chi connectivity index (χ1) is 19.9. The summed E-state index contributed by atoms with van der Waals surface area (Å²) in [7, 11) is 0. The van der Waals surface area contributed by atoms with Gasteiger partial charge >= 0.3 is 0 Å². The van der Waals surface area contributed by atoms with Crippen LogP contribution in [-0.2, 0) is 11.8 Å². The molecule has 0 amide bonds. The van der Waals surface area contributed by atoms with Gasteiger partial charge in [-0.25, -0.2) is 0 Å². The minimum Gasteiger partial charge on any atom is -0.507 e. The molecule has 3 aromatic rings. The Balaban J connectivity index is 1.56. The molecule has 6 N–H and O–H groups in total. The van der Waals surface area contributed by atoms with Gasteiger partial charge in [-0.1, -0.05) is 24.3 Å². The first-order valence-electron chi connectivity index (χ1n) is 13.1. The number of fused-ring (bicyclic) bond motifs is 5. The molecule has 2 aromatic carbocycles. The monoisotopic (exact) mass is 568 g/mol. The molecule has 11 heteroatoms. The fourth-order valence-electron chi connectivity index (χ4n) is 6.32. The molecule has 0 fully saturated rings. The molecule has 3 aliphatic rings. The fourth-order valence-corrected chi connectivity index (χ4v) is 6.32. The molecule has 11 nitrogen and oxygen atoms in total. The highest BCUT2D eigenvalue weighted by Gasteiger charge is 2.61. The van der Waals surface area contributed by atoms with E-state index in [1.165, 1.54) is 6.92 Å². The number of Topliss-reactive ketones (excluding diaryl/α,β-unsaturated/α-hetero) is 3. The number of carbonyl (C=O) groups excluding carboxylic acids is 4. The zero-order chi connectivity index (χ0) is 30.2. The summed E-state index contributed by atoms with van der Waals surface area (Å²) in [5.41, 5.74) is -5.00. The Bertz CT molecular complexity index is 1980. The third kappa shape index (κ3) is 3.40. The van der Waals surface area contributed by atoms with E-state index in [0.717, 1.165) is 6.08 Å². The smallest absolute Gasteiger partial charge is 0.260 e. The summed E-state index contributed by atoms with van der Waals surface area (Å²) in [4.78, 5) is 70.0. The second kappa shape index (κ2) is 9.11. The molecule has 42 heavy (non-hydrogen) atoms. The van der Waals surface area contributed by atoms with Crippen molar-refractivity contribution in [3.05, 3.63) is 91.6 Å². The number of pyridine rings is 1. The van der Waals surface area contributed by atoms with Crippen LogP contribution in [0, 0.1) is 0 Å². The first-order valence-corrected chi connectivity index (χ1v) is 13.1. The zero-order valence-electron chi connectivity index (χ0n) is 22.4. The Kier molecular flexibility index (Phi) is 5.84. The molecule has 2 atom stereocenters. The van der Waals surface area contributed by atoms with Crippen LogP contribution in [0.5, 0.6) is 17.2 Å². The van der Waals surface area contributed by atoms with Crippen molar-refractivity contribution in [2.45, 2.75) is 38.3 Å². The third-order valence-corrected chi connectivity index (χ3v) is 8.02. The van der Waals surface area contributed by atoms with Gasteiger partial charge in [0.15, 0.2) is 17.3 Å². The molecule has 0 bridgehead atoms. The summed E-state index contributed by atoms with van der Waals surface area (Å²) in [5, 5.41) is 46.0. The van der Waals surface area contributed by atoms with Gasteiger partial charge in [0, 0.05) is 17.3 Å². The van der Waals surface area contributed by atoms with E-state index in [-0.39, 0.29) is 29.5 Å². The SMILES string of the molecule is C/C=C/C=C/c1cc2cc3c(c(O)c2c(=O)[nH]1)[C@@]1(CC3)C(=O)c2c(O)c3c(c(O)c2C1=O)C(=O)C(NC(C)O)=CC3=O. The number of nitrogens with one attached hydrogen (secondary N) is 2. The first kappa shape index (κ1) is 26.9. The second-order valence-electron chi connectivity index (χ2n) is 10.5. The Morgan fingerprint density at radius 3 is 2.24 bits per heavy atom. The van der Waals surface area contributed by atoms with E-state index in [4.69, 9.17) is 0 Å². The standard InChI is InChI=1S/C31H24N2O9/c1-3-4-5-6-15-10-14-9-13-7-8-31(23(13)27(39)18(14)30(42)33-15)28(40)21-22(29(31)41)26(38)20-19(25(21)37)17(35)11-16(24(20)36)32-12(2)34/h3-6,9-12,32,34,37-39H,7-8H2,1-2H3,(H,33,42)/b4-3+,6-5+/t12?,31-/m0/s1. The largest absolute Gasteiger partial charge is 0.507 e. The van der Waals surface area contributed by atoms with Crippen LogP contribution in [0.15, 0.2) is 46.9 Å². The molecular weight excluding hydrogens is 544 g/mol. The number of carbonyl (C=O) groups is 4. The van der Waals surface area contributed by atoms with E-state index in [2.05, 4.69) is 10.3 Å². The van der Waals surface area contributed by atoms with Gasteiger partial charge in [-0.15, -0.1) is 0 Å². The maximum absolute atomic E-state index is 14.1. The number of hydrogen-bond donors (Lipinski definition) is 6. The second-order valence-corrected chi connectivity index (χ2v) is 10.5. The summed E-state index contributed by atoms with van der Waals surface area (Å²) < 4.78 is 0. The molecule has 1 heterocycles. The lowest BCUT2D eigenvalue weighted by molar-refractivity contribution is 0.0790. The Morgan fingerprint density at radius 1 is 0.929 bits per heavy atom.